The minimum atomic E-state index is -0.417. The third-order valence-corrected chi connectivity index (χ3v) is 4.16. The van der Waals surface area contributed by atoms with E-state index in [0.717, 1.165) is 12.5 Å². The Labute approximate surface area is 124 Å². The first-order valence-corrected chi connectivity index (χ1v) is 7.46. The Morgan fingerprint density at radius 2 is 1.95 bits per heavy atom. The van der Waals surface area contributed by atoms with Gasteiger partial charge in [0.15, 0.2) is 0 Å². The molecule has 0 atom stereocenters. The maximum absolute atomic E-state index is 11.2. The van der Waals surface area contributed by atoms with Crippen molar-refractivity contribution in [3.8, 4) is 0 Å². The van der Waals surface area contributed by atoms with E-state index in [-0.39, 0.29) is 5.69 Å². The average molecular weight is 293 g/mol. The van der Waals surface area contributed by atoms with E-state index in [1.165, 1.54) is 25.7 Å². The lowest BCUT2D eigenvalue weighted by atomic mass is 9.83. The molecule has 2 N–H and O–H groups in total. The first-order chi connectivity index (χ1) is 10.0. The number of aryl methyl sites for hydroxylation is 1. The van der Waals surface area contributed by atoms with Gasteiger partial charge in [0.25, 0.3) is 0 Å². The van der Waals surface area contributed by atoms with Gasteiger partial charge < -0.3 is 10.6 Å². The number of nitrogens with one attached hydrogen (secondary N) is 2. The number of rotatable bonds is 5. The number of hydrogen-bond donors (Lipinski definition) is 2. The zero-order chi connectivity index (χ0) is 15.4. The number of hydrogen-bond acceptors (Lipinski definition) is 6. The molecule has 2 rings (SSSR count). The number of aromatic nitrogens is 2. The third kappa shape index (κ3) is 3.80. The van der Waals surface area contributed by atoms with E-state index in [4.69, 9.17) is 0 Å². The molecule has 0 radical (unpaired) electrons. The summed E-state index contributed by atoms with van der Waals surface area (Å²) in [5.74, 6) is 2.08. The van der Waals surface area contributed by atoms with Crippen LogP contribution in [0.25, 0.3) is 0 Å². The molecule has 1 aromatic heterocycles. The minimum Gasteiger partial charge on any atom is -0.364 e. The topological polar surface area (TPSA) is 93.0 Å². The maximum Gasteiger partial charge on any atom is 0.332 e. The zero-order valence-corrected chi connectivity index (χ0v) is 12.8. The minimum absolute atomic E-state index is 0.0295. The van der Waals surface area contributed by atoms with Gasteiger partial charge in [0.05, 0.1) is 4.92 Å². The lowest BCUT2D eigenvalue weighted by Crippen LogP contribution is -2.21. The molecule has 1 heterocycles. The SMILES string of the molecule is CNc1nc(C)c([N+](=O)[O-])c(NCC2CCC(C)CC2)n1. The molecule has 0 amide bonds. The lowest BCUT2D eigenvalue weighted by Gasteiger charge is -2.26. The van der Waals surface area contributed by atoms with Gasteiger partial charge in [-0.2, -0.15) is 4.98 Å². The van der Waals surface area contributed by atoms with Crippen molar-refractivity contribution in [2.75, 3.05) is 24.2 Å². The van der Waals surface area contributed by atoms with E-state index in [9.17, 15) is 10.1 Å². The molecule has 0 saturated heterocycles. The van der Waals surface area contributed by atoms with Gasteiger partial charge in [0.2, 0.25) is 11.8 Å². The number of anilines is 2. The van der Waals surface area contributed by atoms with Gasteiger partial charge in [-0.3, -0.25) is 10.1 Å². The zero-order valence-electron chi connectivity index (χ0n) is 12.8. The molecule has 7 heteroatoms. The Morgan fingerprint density at radius 3 is 2.52 bits per heavy atom. The fraction of sp³-hybridized carbons (Fsp3) is 0.714. The van der Waals surface area contributed by atoms with E-state index in [0.29, 0.717) is 23.4 Å². The number of nitro groups is 1. The standard InChI is InChI=1S/C14H23N5O2/c1-9-4-6-11(7-5-9)8-16-13-12(19(20)21)10(2)17-14(15-3)18-13/h9,11H,4-8H2,1-3H3,(H2,15,16,17,18). The van der Waals surface area contributed by atoms with Gasteiger partial charge in [-0.1, -0.05) is 19.8 Å². The predicted octanol–water partition coefficient (Wildman–Crippen LogP) is 2.97. The van der Waals surface area contributed by atoms with Crippen LogP contribution < -0.4 is 10.6 Å². The summed E-state index contributed by atoms with van der Waals surface area (Å²) in [6.07, 6.45) is 4.81. The highest BCUT2D eigenvalue weighted by Gasteiger charge is 2.24. The predicted molar refractivity (Wildman–Crippen MR) is 82.6 cm³/mol. The molecule has 0 spiro atoms. The summed E-state index contributed by atoms with van der Waals surface area (Å²) < 4.78 is 0. The highest BCUT2D eigenvalue weighted by atomic mass is 16.6. The maximum atomic E-state index is 11.2. The molecule has 0 aromatic carbocycles. The second kappa shape index (κ2) is 6.69. The van der Waals surface area contributed by atoms with Crippen molar-refractivity contribution in [2.45, 2.75) is 39.5 Å². The van der Waals surface area contributed by atoms with Crippen LogP contribution >= 0.6 is 0 Å². The highest BCUT2D eigenvalue weighted by molar-refractivity contribution is 5.60. The number of nitrogens with zero attached hydrogens (tertiary/aromatic N) is 3. The lowest BCUT2D eigenvalue weighted by molar-refractivity contribution is -0.385. The Bertz CT molecular complexity index is 512. The highest BCUT2D eigenvalue weighted by Crippen LogP contribution is 2.30. The Morgan fingerprint density at radius 1 is 1.29 bits per heavy atom. The normalized spacial score (nSPS) is 21.9. The van der Waals surface area contributed by atoms with Gasteiger partial charge >= 0.3 is 5.69 Å². The molecule has 7 nitrogen and oxygen atoms in total. The Hall–Kier alpha value is -1.92. The molecule has 21 heavy (non-hydrogen) atoms. The summed E-state index contributed by atoms with van der Waals surface area (Å²) in [5.41, 5.74) is 0.345. The van der Waals surface area contributed by atoms with Gasteiger partial charge in [-0.25, -0.2) is 4.98 Å². The summed E-state index contributed by atoms with van der Waals surface area (Å²) >= 11 is 0. The van der Waals surface area contributed by atoms with Crippen molar-refractivity contribution in [3.63, 3.8) is 0 Å². The van der Waals surface area contributed by atoms with Crippen LogP contribution in [-0.2, 0) is 0 Å². The van der Waals surface area contributed by atoms with E-state index >= 15 is 0 Å². The Kier molecular flexibility index (Phi) is 4.93. The average Bonchev–Trinajstić information content (AvgIpc) is 2.45. The van der Waals surface area contributed by atoms with Crippen molar-refractivity contribution in [1.29, 1.82) is 0 Å². The van der Waals surface area contributed by atoms with Gasteiger partial charge in [0.1, 0.15) is 5.69 Å². The van der Waals surface area contributed by atoms with Gasteiger partial charge in [-0.05, 0) is 31.6 Å². The molecule has 116 valence electrons. The van der Waals surface area contributed by atoms with Crippen molar-refractivity contribution in [3.05, 3.63) is 15.8 Å². The van der Waals surface area contributed by atoms with Crippen LogP contribution in [0.2, 0.25) is 0 Å². The van der Waals surface area contributed by atoms with Crippen LogP contribution in [0.5, 0.6) is 0 Å². The second-order valence-electron chi connectivity index (χ2n) is 5.84. The van der Waals surface area contributed by atoms with Crippen LogP contribution in [0.4, 0.5) is 17.5 Å². The molecule has 1 fully saturated rings. The van der Waals surface area contributed by atoms with E-state index in [2.05, 4.69) is 27.5 Å². The molecule has 1 aliphatic rings. The summed E-state index contributed by atoms with van der Waals surface area (Å²) in [4.78, 5) is 19.1. The summed E-state index contributed by atoms with van der Waals surface area (Å²) in [7, 11) is 1.70. The largest absolute Gasteiger partial charge is 0.364 e. The van der Waals surface area contributed by atoms with E-state index < -0.39 is 4.92 Å². The molecule has 0 aliphatic heterocycles. The van der Waals surface area contributed by atoms with Crippen LogP contribution in [0.3, 0.4) is 0 Å². The summed E-state index contributed by atoms with van der Waals surface area (Å²) in [5, 5.41) is 17.2. The van der Waals surface area contributed by atoms with Crippen molar-refractivity contribution in [1.82, 2.24) is 9.97 Å². The first-order valence-electron chi connectivity index (χ1n) is 7.46. The summed E-state index contributed by atoms with van der Waals surface area (Å²) in [6.45, 7) is 4.64. The molecular formula is C14H23N5O2. The van der Waals surface area contributed by atoms with Crippen LogP contribution in [0.15, 0.2) is 0 Å². The smallest absolute Gasteiger partial charge is 0.332 e. The Balaban J connectivity index is 2.10. The molecule has 1 saturated carbocycles. The quantitative estimate of drug-likeness (QED) is 0.640. The second-order valence-corrected chi connectivity index (χ2v) is 5.84. The van der Waals surface area contributed by atoms with E-state index in [1.807, 2.05) is 0 Å². The monoisotopic (exact) mass is 293 g/mol. The molecule has 0 bridgehead atoms. The van der Waals surface area contributed by atoms with Crippen LogP contribution in [-0.4, -0.2) is 28.5 Å². The van der Waals surface area contributed by atoms with Crippen LogP contribution in [0.1, 0.15) is 38.3 Å². The van der Waals surface area contributed by atoms with Gasteiger partial charge in [-0.15, -0.1) is 0 Å². The van der Waals surface area contributed by atoms with Gasteiger partial charge in [0, 0.05) is 13.6 Å². The van der Waals surface area contributed by atoms with Crippen molar-refractivity contribution in [2.24, 2.45) is 11.8 Å². The molecule has 0 unspecified atom stereocenters. The van der Waals surface area contributed by atoms with E-state index in [1.54, 1.807) is 14.0 Å². The summed E-state index contributed by atoms with van der Waals surface area (Å²) in [6, 6.07) is 0. The molecule has 1 aliphatic carbocycles. The first kappa shape index (κ1) is 15.5. The fourth-order valence-corrected chi connectivity index (χ4v) is 2.79. The van der Waals surface area contributed by atoms with Crippen LogP contribution in [0, 0.1) is 28.9 Å². The van der Waals surface area contributed by atoms with Crippen molar-refractivity contribution >= 4 is 17.5 Å². The molecule has 1 aromatic rings. The fourth-order valence-electron chi connectivity index (χ4n) is 2.79. The third-order valence-electron chi connectivity index (χ3n) is 4.16. The van der Waals surface area contributed by atoms with Crippen molar-refractivity contribution < 1.29 is 4.92 Å². The molecular weight excluding hydrogens is 270 g/mol.